The van der Waals surface area contributed by atoms with Crippen LogP contribution in [0.5, 0.6) is 0 Å². The van der Waals surface area contributed by atoms with Gasteiger partial charge >= 0.3 is 29.6 Å². The van der Waals surface area contributed by atoms with Crippen LogP contribution in [-0.4, -0.2) is 61.0 Å². The molecule has 0 unspecified atom stereocenters. The van der Waals surface area contributed by atoms with Crippen molar-refractivity contribution in [1.29, 1.82) is 0 Å². The Hall–Kier alpha value is -1.96. The standard InChI is InChI=1S/C8H10N2O2.C6H4ClNO.C2H7NO.CH2O3.CH4.Na/c1-10(12-2)8(11)7-5-3-4-6-9-7;7-6(9)5-3-1-2-4-8-5;1-3-4-2;2-1-4-3;;/h3-6H,1-2H3;1-4H;3H,1-2H3;1,3H;1H4;/q;;;;;+1/p-1. The van der Waals surface area contributed by atoms with Crippen LogP contribution in [0.1, 0.15) is 28.4 Å². The molecule has 0 saturated carbocycles. The number of nitrogens with one attached hydrogen (secondary N) is 1. The Kier molecular flexibility index (Phi) is 30.6. The number of hydrogen-bond donors (Lipinski definition) is 1. The molecule has 0 bridgehead atoms. The van der Waals surface area contributed by atoms with Gasteiger partial charge in [-0.1, -0.05) is 19.6 Å². The number of carbonyl (C=O) groups excluding carboxylic acids is 3. The molecule has 2 heterocycles. The van der Waals surface area contributed by atoms with E-state index in [1.807, 2.05) is 0 Å². The van der Waals surface area contributed by atoms with Gasteiger partial charge in [-0.2, -0.15) is 0 Å². The smallest absolute Gasteiger partial charge is 0.662 e. The summed E-state index contributed by atoms with van der Waals surface area (Å²) in [4.78, 5) is 49.5. The molecule has 0 aliphatic carbocycles. The van der Waals surface area contributed by atoms with Gasteiger partial charge in [0.15, 0.2) is 0 Å². The maximum atomic E-state index is 11.3. The van der Waals surface area contributed by atoms with Crippen molar-refractivity contribution in [2.24, 2.45) is 0 Å². The van der Waals surface area contributed by atoms with Crippen LogP contribution in [0.3, 0.4) is 0 Å². The zero-order valence-corrected chi connectivity index (χ0v) is 20.0. The van der Waals surface area contributed by atoms with Crippen molar-refractivity contribution in [3.63, 3.8) is 0 Å². The predicted octanol–water partition coefficient (Wildman–Crippen LogP) is -1.98. The van der Waals surface area contributed by atoms with E-state index in [9.17, 15) is 9.59 Å². The zero-order chi connectivity index (χ0) is 22.5. The normalized spacial score (nSPS) is 7.94. The van der Waals surface area contributed by atoms with Crippen molar-refractivity contribution in [2.75, 3.05) is 28.3 Å². The van der Waals surface area contributed by atoms with E-state index in [2.05, 4.69) is 25.2 Å². The molecule has 0 aliphatic heterocycles. The molecular formula is C18H26ClN4NaO7. The quantitative estimate of drug-likeness (QED) is 0.172. The Labute approximate surface area is 208 Å². The molecule has 1 amide bonds. The summed E-state index contributed by atoms with van der Waals surface area (Å²) in [5.74, 6) is -0.252. The number of rotatable bonds is 5. The summed E-state index contributed by atoms with van der Waals surface area (Å²) in [6.07, 6.45) is 3.09. The Morgan fingerprint density at radius 1 is 1.10 bits per heavy atom. The van der Waals surface area contributed by atoms with E-state index < -0.39 is 5.24 Å². The first-order valence-corrected chi connectivity index (χ1v) is 8.03. The fourth-order valence-corrected chi connectivity index (χ4v) is 1.32. The van der Waals surface area contributed by atoms with Gasteiger partial charge in [0.05, 0.1) is 14.2 Å². The Bertz CT molecular complexity index is 683. The first kappa shape index (κ1) is 36.4. The molecule has 2 aromatic rings. The number of nitrogens with zero attached hydrogens (tertiary/aromatic N) is 3. The van der Waals surface area contributed by atoms with Crippen LogP contribution in [-0.2, 0) is 19.4 Å². The van der Waals surface area contributed by atoms with Gasteiger partial charge in [0.2, 0.25) is 0 Å². The van der Waals surface area contributed by atoms with Crippen LogP contribution in [0, 0.1) is 0 Å². The zero-order valence-electron chi connectivity index (χ0n) is 17.3. The summed E-state index contributed by atoms with van der Waals surface area (Å²) in [5.41, 5.74) is 3.10. The van der Waals surface area contributed by atoms with Gasteiger partial charge in [-0.15, -0.1) is 0 Å². The fourth-order valence-electron chi connectivity index (χ4n) is 1.21. The SMILES string of the molecule is C.CNOC.CON(C)C(=O)c1ccccn1.O=C(Cl)c1ccccn1.O=CO[O-].[Na+]. The Morgan fingerprint density at radius 2 is 1.52 bits per heavy atom. The molecule has 0 fully saturated rings. The van der Waals surface area contributed by atoms with Crippen molar-refractivity contribution in [3.05, 3.63) is 60.2 Å². The molecule has 2 aromatic heterocycles. The van der Waals surface area contributed by atoms with Crippen LogP contribution in [0.4, 0.5) is 0 Å². The monoisotopic (exact) mass is 468 g/mol. The summed E-state index contributed by atoms with van der Waals surface area (Å²) in [5, 5.41) is 9.04. The van der Waals surface area contributed by atoms with E-state index in [0.717, 1.165) is 5.06 Å². The number of halogens is 1. The molecule has 13 heteroatoms. The number of pyridine rings is 2. The molecule has 31 heavy (non-hydrogen) atoms. The van der Waals surface area contributed by atoms with Crippen molar-refractivity contribution in [3.8, 4) is 0 Å². The molecule has 0 radical (unpaired) electrons. The van der Waals surface area contributed by atoms with Gasteiger partial charge in [0, 0.05) is 26.5 Å². The molecule has 2 rings (SSSR count). The number of aromatic nitrogens is 2. The van der Waals surface area contributed by atoms with Gasteiger partial charge < -0.3 is 15.0 Å². The van der Waals surface area contributed by atoms with Crippen LogP contribution < -0.4 is 40.3 Å². The average Bonchev–Trinajstić information content (AvgIpc) is 2.79. The number of carbonyl (C=O) groups is 3. The van der Waals surface area contributed by atoms with E-state index in [4.69, 9.17) is 26.5 Å². The van der Waals surface area contributed by atoms with Crippen LogP contribution in [0.2, 0.25) is 0 Å². The Morgan fingerprint density at radius 3 is 1.74 bits per heavy atom. The van der Waals surface area contributed by atoms with Gasteiger partial charge in [0.1, 0.15) is 11.4 Å². The molecule has 11 nitrogen and oxygen atoms in total. The van der Waals surface area contributed by atoms with Gasteiger partial charge in [-0.3, -0.25) is 29.2 Å². The van der Waals surface area contributed by atoms with E-state index >= 15 is 0 Å². The average molecular weight is 469 g/mol. The topological polar surface area (TPSA) is 143 Å². The molecular weight excluding hydrogens is 443 g/mol. The van der Waals surface area contributed by atoms with Crippen LogP contribution in [0.25, 0.3) is 0 Å². The summed E-state index contributed by atoms with van der Waals surface area (Å²) in [7, 11) is 6.25. The third kappa shape index (κ3) is 21.1. The molecule has 1 N–H and O–H groups in total. The van der Waals surface area contributed by atoms with Gasteiger partial charge in [0.25, 0.3) is 17.6 Å². The third-order valence-electron chi connectivity index (χ3n) is 2.55. The Balaban J connectivity index is -0.000000170. The second-order valence-corrected chi connectivity index (χ2v) is 4.63. The minimum absolute atomic E-state index is 0. The molecule has 0 saturated heterocycles. The van der Waals surface area contributed by atoms with E-state index in [0.29, 0.717) is 11.4 Å². The second kappa shape index (κ2) is 26.1. The summed E-state index contributed by atoms with van der Waals surface area (Å²) in [6, 6.07) is 10.1. The van der Waals surface area contributed by atoms with Crippen molar-refractivity contribution in [1.82, 2.24) is 20.5 Å². The maximum Gasteiger partial charge on any atom is 1.00 e. The number of amides is 1. The fraction of sp³-hybridized carbons (Fsp3) is 0.278. The van der Waals surface area contributed by atoms with Crippen molar-refractivity contribution < 1.29 is 63.8 Å². The molecule has 0 aliphatic rings. The number of hydrogen-bond acceptors (Lipinski definition) is 10. The van der Waals surface area contributed by atoms with Crippen LogP contribution >= 0.6 is 11.6 Å². The molecule has 0 aromatic carbocycles. The molecule has 0 atom stereocenters. The van der Waals surface area contributed by atoms with Gasteiger partial charge in [-0.25, -0.2) is 10.5 Å². The first-order valence-electron chi connectivity index (χ1n) is 7.65. The minimum atomic E-state index is -0.518. The largest absolute Gasteiger partial charge is 1.00 e. The summed E-state index contributed by atoms with van der Waals surface area (Å²) >= 11 is 5.10. The molecule has 0 spiro atoms. The van der Waals surface area contributed by atoms with E-state index in [-0.39, 0.29) is 49.4 Å². The van der Waals surface area contributed by atoms with Gasteiger partial charge in [-0.05, 0) is 35.9 Å². The minimum Gasteiger partial charge on any atom is -0.662 e. The maximum absolute atomic E-state index is 11.3. The second-order valence-electron chi connectivity index (χ2n) is 4.29. The van der Waals surface area contributed by atoms with Crippen molar-refractivity contribution >= 4 is 29.2 Å². The number of hydroxylamine groups is 3. The predicted molar refractivity (Wildman–Crippen MR) is 108 cm³/mol. The van der Waals surface area contributed by atoms with E-state index in [1.54, 1.807) is 56.8 Å². The molecule has 168 valence electrons. The summed E-state index contributed by atoms with van der Waals surface area (Å²) in [6.45, 7) is -0.181. The third-order valence-corrected chi connectivity index (χ3v) is 2.75. The first-order chi connectivity index (χ1) is 13.9. The van der Waals surface area contributed by atoms with Crippen molar-refractivity contribution in [2.45, 2.75) is 7.43 Å². The van der Waals surface area contributed by atoms with E-state index in [1.165, 1.54) is 20.4 Å². The summed E-state index contributed by atoms with van der Waals surface area (Å²) < 4.78 is 0. The van der Waals surface area contributed by atoms with Crippen LogP contribution in [0.15, 0.2) is 48.8 Å².